The molecule has 0 aliphatic heterocycles. The lowest BCUT2D eigenvalue weighted by Crippen LogP contribution is -2.12. The van der Waals surface area contributed by atoms with Crippen molar-refractivity contribution in [2.24, 2.45) is 0 Å². The molecular formula is C24H18N4O. The lowest BCUT2D eigenvalue weighted by molar-refractivity contribution is 0.102. The molecule has 0 aliphatic carbocycles. The van der Waals surface area contributed by atoms with E-state index in [1.807, 2.05) is 55.5 Å². The molecule has 2 N–H and O–H groups in total. The van der Waals surface area contributed by atoms with Crippen LogP contribution in [0.25, 0.3) is 11.4 Å². The van der Waals surface area contributed by atoms with E-state index in [0.29, 0.717) is 11.3 Å². The van der Waals surface area contributed by atoms with Gasteiger partial charge in [0.15, 0.2) is 0 Å². The van der Waals surface area contributed by atoms with Crippen molar-refractivity contribution >= 4 is 11.6 Å². The number of anilines is 1. The monoisotopic (exact) mass is 378 g/mol. The topological polar surface area (TPSA) is 70.7 Å². The molecule has 29 heavy (non-hydrogen) atoms. The van der Waals surface area contributed by atoms with Gasteiger partial charge in [0.1, 0.15) is 11.5 Å². The Kier molecular flexibility index (Phi) is 5.17. The normalized spacial score (nSPS) is 10.1. The van der Waals surface area contributed by atoms with Gasteiger partial charge < -0.3 is 10.3 Å². The van der Waals surface area contributed by atoms with Crippen LogP contribution in [0.15, 0.2) is 79.3 Å². The molecule has 140 valence electrons. The fraction of sp³-hybridized carbons (Fsp3) is 0.0417. The molecule has 4 rings (SSSR count). The molecule has 0 fully saturated rings. The molecule has 4 aromatic rings. The van der Waals surface area contributed by atoms with E-state index in [2.05, 4.69) is 32.1 Å². The van der Waals surface area contributed by atoms with Crippen LogP contribution in [-0.2, 0) is 0 Å². The number of hydrogen-bond donors (Lipinski definition) is 2. The fourth-order valence-electron chi connectivity index (χ4n) is 2.80. The van der Waals surface area contributed by atoms with Crippen LogP contribution in [0.4, 0.5) is 5.69 Å². The van der Waals surface area contributed by atoms with E-state index in [9.17, 15) is 4.79 Å². The van der Waals surface area contributed by atoms with Gasteiger partial charge in [-0.25, -0.2) is 9.97 Å². The predicted octanol–water partition coefficient (Wildman–Crippen LogP) is 4.43. The van der Waals surface area contributed by atoms with E-state index >= 15 is 0 Å². The average Bonchev–Trinajstić information content (AvgIpc) is 3.30. The summed E-state index contributed by atoms with van der Waals surface area (Å²) in [6.07, 6.45) is 5.18. The van der Waals surface area contributed by atoms with Gasteiger partial charge in [-0.3, -0.25) is 4.79 Å². The zero-order chi connectivity index (χ0) is 20.1. The van der Waals surface area contributed by atoms with Crippen molar-refractivity contribution in [3.8, 4) is 23.2 Å². The maximum absolute atomic E-state index is 12.7. The zero-order valence-corrected chi connectivity index (χ0v) is 15.8. The van der Waals surface area contributed by atoms with Crippen LogP contribution < -0.4 is 5.32 Å². The maximum atomic E-state index is 12.7. The third-order valence-corrected chi connectivity index (χ3v) is 4.40. The lowest BCUT2D eigenvalue weighted by Gasteiger charge is -2.10. The minimum atomic E-state index is -0.172. The third kappa shape index (κ3) is 4.40. The molecule has 5 heteroatoms. The van der Waals surface area contributed by atoms with Crippen molar-refractivity contribution in [2.45, 2.75) is 6.92 Å². The Labute approximate surface area is 168 Å². The summed E-state index contributed by atoms with van der Waals surface area (Å²) < 4.78 is 0. The number of aromatic amines is 1. The number of nitrogens with zero attached hydrogens (tertiary/aromatic N) is 2. The Balaban J connectivity index is 1.49. The lowest BCUT2D eigenvalue weighted by atomic mass is 10.1. The average molecular weight is 378 g/mol. The molecule has 0 bridgehead atoms. The zero-order valence-electron chi connectivity index (χ0n) is 15.8. The predicted molar refractivity (Wildman–Crippen MR) is 113 cm³/mol. The molecule has 5 nitrogen and oxygen atoms in total. The SMILES string of the molecule is Cc1ccc(-c2ncc[nH]2)cc1NC(=O)c1ccc(C#Cc2ccccn2)cc1. The van der Waals surface area contributed by atoms with E-state index in [0.717, 1.165) is 28.2 Å². The first-order chi connectivity index (χ1) is 14.2. The van der Waals surface area contributed by atoms with Gasteiger partial charge in [0.05, 0.1) is 0 Å². The molecular weight excluding hydrogens is 360 g/mol. The summed E-state index contributed by atoms with van der Waals surface area (Å²) in [5.74, 6) is 6.65. The van der Waals surface area contributed by atoms with Crippen LogP contribution in [0.5, 0.6) is 0 Å². The minimum Gasteiger partial charge on any atom is -0.345 e. The molecule has 0 radical (unpaired) electrons. The Morgan fingerprint density at radius 3 is 2.55 bits per heavy atom. The Morgan fingerprint density at radius 1 is 0.966 bits per heavy atom. The van der Waals surface area contributed by atoms with Crippen LogP contribution in [-0.4, -0.2) is 20.9 Å². The molecule has 2 aromatic heterocycles. The van der Waals surface area contributed by atoms with Crippen LogP contribution in [0, 0.1) is 18.8 Å². The third-order valence-electron chi connectivity index (χ3n) is 4.40. The summed E-state index contributed by atoms with van der Waals surface area (Å²) in [6.45, 7) is 1.96. The number of imidazole rings is 1. The molecule has 0 saturated heterocycles. The number of rotatable bonds is 3. The smallest absolute Gasteiger partial charge is 0.255 e. The highest BCUT2D eigenvalue weighted by Gasteiger charge is 2.10. The van der Waals surface area contributed by atoms with Crippen molar-refractivity contribution in [3.05, 3.63) is 102 Å². The van der Waals surface area contributed by atoms with Crippen molar-refractivity contribution in [2.75, 3.05) is 5.32 Å². The molecule has 0 unspecified atom stereocenters. The number of pyridine rings is 1. The summed E-state index contributed by atoms with van der Waals surface area (Å²) in [7, 11) is 0. The van der Waals surface area contributed by atoms with Gasteiger partial charge in [-0.2, -0.15) is 0 Å². The largest absolute Gasteiger partial charge is 0.345 e. The van der Waals surface area contributed by atoms with Crippen LogP contribution >= 0.6 is 0 Å². The molecule has 0 aliphatic rings. The van der Waals surface area contributed by atoms with Crippen LogP contribution in [0.1, 0.15) is 27.2 Å². The number of carbonyl (C=O) groups is 1. The van der Waals surface area contributed by atoms with E-state index in [1.165, 1.54) is 0 Å². The van der Waals surface area contributed by atoms with E-state index < -0.39 is 0 Å². The number of aryl methyl sites for hydroxylation is 1. The number of hydrogen-bond acceptors (Lipinski definition) is 3. The Bertz CT molecular complexity index is 1190. The highest BCUT2D eigenvalue weighted by Crippen LogP contribution is 2.23. The van der Waals surface area contributed by atoms with Gasteiger partial charge in [0.25, 0.3) is 5.91 Å². The van der Waals surface area contributed by atoms with Gasteiger partial charge >= 0.3 is 0 Å². The van der Waals surface area contributed by atoms with Crippen LogP contribution in [0.2, 0.25) is 0 Å². The first kappa shape index (κ1) is 18.2. The van der Waals surface area contributed by atoms with E-state index in [1.54, 1.807) is 30.7 Å². The summed E-state index contributed by atoms with van der Waals surface area (Å²) in [5.41, 5.74) is 4.74. The molecule has 0 atom stereocenters. The maximum Gasteiger partial charge on any atom is 0.255 e. The number of benzene rings is 2. The molecule has 0 spiro atoms. The summed E-state index contributed by atoms with van der Waals surface area (Å²) in [4.78, 5) is 24.2. The summed E-state index contributed by atoms with van der Waals surface area (Å²) in [5, 5.41) is 2.98. The summed E-state index contributed by atoms with van der Waals surface area (Å²) in [6, 6.07) is 18.6. The molecule has 1 amide bonds. The van der Waals surface area contributed by atoms with Gasteiger partial charge in [-0.15, -0.1) is 0 Å². The Hall–Kier alpha value is -4.17. The Morgan fingerprint density at radius 2 is 1.83 bits per heavy atom. The van der Waals surface area contributed by atoms with Crippen molar-refractivity contribution < 1.29 is 4.79 Å². The summed E-state index contributed by atoms with van der Waals surface area (Å²) >= 11 is 0. The molecule has 2 aromatic carbocycles. The van der Waals surface area contributed by atoms with Gasteiger partial charge in [-0.1, -0.05) is 24.1 Å². The van der Waals surface area contributed by atoms with E-state index in [4.69, 9.17) is 0 Å². The second-order valence-electron chi connectivity index (χ2n) is 6.46. The standard InChI is InChI=1S/C24H18N4O/c1-17-5-9-20(23-26-14-15-27-23)16-22(17)28-24(29)19-10-6-18(7-11-19)8-12-21-4-2-3-13-25-21/h2-7,9-11,13-16H,1H3,(H,26,27)(H,28,29). The molecule has 2 heterocycles. The first-order valence-corrected chi connectivity index (χ1v) is 9.14. The van der Waals surface area contributed by atoms with Gasteiger partial charge in [0.2, 0.25) is 0 Å². The van der Waals surface area contributed by atoms with Crippen molar-refractivity contribution in [3.63, 3.8) is 0 Å². The van der Waals surface area contributed by atoms with Crippen molar-refractivity contribution in [1.29, 1.82) is 0 Å². The van der Waals surface area contributed by atoms with Crippen molar-refractivity contribution in [1.82, 2.24) is 15.0 Å². The van der Waals surface area contributed by atoms with Gasteiger partial charge in [0, 0.05) is 41.0 Å². The van der Waals surface area contributed by atoms with E-state index in [-0.39, 0.29) is 5.91 Å². The highest BCUT2D eigenvalue weighted by molar-refractivity contribution is 6.05. The van der Waals surface area contributed by atoms with Gasteiger partial charge in [-0.05, 0) is 60.9 Å². The minimum absolute atomic E-state index is 0.172. The molecule has 0 saturated carbocycles. The second kappa shape index (κ2) is 8.24. The fourth-order valence-corrected chi connectivity index (χ4v) is 2.80. The number of amides is 1. The van der Waals surface area contributed by atoms with Crippen LogP contribution in [0.3, 0.4) is 0 Å². The first-order valence-electron chi connectivity index (χ1n) is 9.14. The second-order valence-corrected chi connectivity index (χ2v) is 6.46. The number of aromatic nitrogens is 3. The highest BCUT2D eigenvalue weighted by atomic mass is 16.1. The number of H-pyrrole nitrogens is 1. The number of nitrogens with one attached hydrogen (secondary N) is 2. The quantitative estimate of drug-likeness (QED) is 0.518. The number of carbonyl (C=O) groups excluding carboxylic acids is 1.